The molecule has 3 rings (SSSR count). The van der Waals surface area contributed by atoms with E-state index in [0.29, 0.717) is 15.9 Å². The van der Waals surface area contributed by atoms with Gasteiger partial charge in [-0.3, -0.25) is 5.43 Å². The fourth-order valence-corrected chi connectivity index (χ4v) is 4.01. The summed E-state index contributed by atoms with van der Waals surface area (Å²) in [6, 6.07) is 9.80. The molecule has 0 bridgehead atoms. The van der Waals surface area contributed by atoms with Crippen molar-refractivity contribution in [1.82, 2.24) is 4.98 Å². The zero-order valence-electron chi connectivity index (χ0n) is 14.1. The summed E-state index contributed by atoms with van der Waals surface area (Å²) in [6.07, 6.45) is 1.56. The average molecular weight is 463 g/mol. The molecule has 1 heterocycles. The third-order valence-corrected chi connectivity index (χ3v) is 4.96. The fraction of sp³-hybridized carbons (Fsp3) is 0.158. The predicted octanol–water partition coefficient (Wildman–Crippen LogP) is 5.84. The average Bonchev–Trinajstić information content (AvgIpc) is 2.53. The maximum Gasteiger partial charge on any atom is 0.147 e. The number of halogens is 2. The van der Waals surface area contributed by atoms with Crippen molar-refractivity contribution in [2.75, 3.05) is 5.43 Å². The van der Waals surface area contributed by atoms with Gasteiger partial charge in [0.15, 0.2) is 0 Å². The van der Waals surface area contributed by atoms with E-state index in [4.69, 9.17) is 0 Å². The van der Waals surface area contributed by atoms with Crippen molar-refractivity contribution in [3.8, 4) is 5.75 Å². The topological polar surface area (TPSA) is 57.5 Å². The van der Waals surface area contributed by atoms with Crippen molar-refractivity contribution < 1.29 is 5.11 Å². The highest BCUT2D eigenvalue weighted by atomic mass is 79.9. The second-order valence-corrected chi connectivity index (χ2v) is 7.77. The van der Waals surface area contributed by atoms with E-state index in [1.165, 1.54) is 5.56 Å². The largest absolute Gasteiger partial charge is 0.506 e. The van der Waals surface area contributed by atoms with Gasteiger partial charge < -0.3 is 5.11 Å². The van der Waals surface area contributed by atoms with E-state index in [-0.39, 0.29) is 5.75 Å². The van der Waals surface area contributed by atoms with Crippen LogP contribution in [0.25, 0.3) is 10.9 Å². The van der Waals surface area contributed by atoms with Crippen molar-refractivity contribution in [3.05, 3.63) is 61.5 Å². The number of aromatic hydroxyl groups is 1. The molecule has 25 heavy (non-hydrogen) atoms. The summed E-state index contributed by atoms with van der Waals surface area (Å²) in [4.78, 5) is 4.66. The number of aromatic nitrogens is 1. The van der Waals surface area contributed by atoms with Gasteiger partial charge in [0, 0.05) is 15.4 Å². The minimum atomic E-state index is 0.141. The van der Waals surface area contributed by atoms with Gasteiger partial charge in [-0.25, -0.2) is 4.98 Å². The number of fused-ring (bicyclic) bond motifs is 1. The van der Waals surface area contributed by atoms with E-state index in [1.807, 2.05) is 6.07 Å². The summed E-state index contributed by atoms with van der Waals surface area (Å²) in [6.45, 7) is 6.21. The quantitative estimate of drug-likeness (QED) is 0.379. The number of hydrogen-bond donors (Lipinski definition) is 2. The van der Waals surface area contributed by atoms with Gasteiger partial charge in [-0.1, -0.05) is 27.6 Å². The van der Waals surface area contributed by atoms with Crippen LogP contribution in [0.4, 0.5) is 5.82 Å². The molecule has 0 amide bonds. The van der Waals surface area contributed by atoms with Gasteiger partial charge in [0.25, 0.3) is 0 Å². The molecule has 6 heteroatoms. The maximum atomic E-state index is 10.1. The number of phenolic OH excluding ortho intramolecular Hbond substituents is 1. The van der Waals surface area contributed by atoms with Crippen LogP contribution in [0.2, 0.25) is 0 Å². The first-order valence-electron chi connectivity index (χ1n) is 7.71. The fourth-order valence-electron chi connectivity index (χ4n) is 2.75. The van der Waals surface area contributed by atoms with Crippen molar-refractivity contribution in [2.24, 2.45) is 5.10 Å². The highest BCUT2D eigenvalue weighted by molar-refractivity contribution is 9.11. The van der Waals surface area contributed by atoms with E-state index < -0.39 is 0 Å². The van der Waals surface area contributed by atoms with Crippen LogP contribution < -0.4 is 5.43 Å². The Balaban J connectivity index is 1.92. The Morgan fingerprint density at radius 2 is 1.80 bits per heavy atom. The van der Waals surface area contributed by atoms with E-state index in [2.05, 4.69) is 80.3 Å². The Bertz CT molecular complexity index is 1000. The number of pyridine rings is 1. The maximum absolute atomic E-state index is 10.1. The number of phenols is 1. The summed E-state index contributed by atoms with van der Waals surface area (Å²) in [7, 11) is 0. The van der Waals surface area contributed by atoms with Crippen LogP contribution >= 0.6 is 31.9 Å². The van der Waals surface area contributed by atoms with Gasteiger partial charge >= 0.3 is 0 Å². The molecule has 3 aromatic rings. The van der Waals surface area contributed by atoms with Crippen LogP contribution in [0, 0.1) is 20.8 Å². The van der Waals surface area contributed by atoms with Crippen molar-refractivity contribution in [2.45, 2.75) is 20.8 Å². The van der Waals surface area contributed by atoms with E-state index in [1.54, 1.807) is 18.3 Å². The monoisotopic (exact) mass is 461 g/mol. The van der Waals surface area contributed by atoms with Crippen LogP contribution in [0.3, 0.4) is 0 Å². The Hall–Kier alpha value is -1.92. The SMILES string of the molecule is Cc1cc(C)c2nc(N/N=C/c3cc(Br)cc(Br)c3O)cc(C)c2c1. The number of anilines is 1. The lowest BCUT2D eigenvalue weighted by atomic mass is 10.0. The number of aryl methyl sites for hydroxylation is 3. The molecule has 128 valence electrons. The molecule has 0 saturated carbocycles. The third kappa shape index (κ3) is 3.85. The number of nitrogens with one attached hydrogen (secondary N) is 1. The van der Waals surface area contributed by atoms with Gasteiger partial charge in [-0.2, -0.15) is 5.10 Å². The molecule has 2 N–H and O–H groups in total. The third-order valence-electron chi connectivity index (χ3n) is 3.90. The predicted molar refractivity (Wildman–Crippen MR) is 111 cm³/mol. The van der Waals surface area contributed by atoms with Gasteiger partial charge in [0.05, 0.1) is 16.2 Å². The highest BCUT2D eigenvalue weighted by Gasteiger charge is 2.07. The number of nitrogens with zero attached hydrogens (tertiary/aromatic N) is 2. The summed E-state index contributed by atoms with van der Waals surface area (Å²) < 4.78 is 1.46. The summed E-state index contributed by atoms with van der Waals surface area (Å²) in [5.41, 5.74) is 8.02. The van der Waals surface area contributed by atoms with Crippen LogP contribution in [0.5, 0.6) is 5.75 Å². The Morgan fingerprint density at radius 3 is 2.56 bits per heavy atom. The molecule has 0 radical (unpaired) electrons. The van der Waals surface area contributed by atoms with Crippen LogP contribution in [0.1, 0.15) is 22.3 Å². The standard InChI is InChI=1S/C19H17Br2N3O/c1-10-4-12(3)18-15(5-10)11(2)6-17(23-18)24-22-9-13-7-14(20)8-16(21)19(13)25/h4-9,25H,1-3H3,(H,23,24)/b22-9+. The molecule has 2 aromatic carbocycles. The highest BCUT2D eigenvalue weighted by Crippen LogP contribution is 2.30. The van der Waals surface area contributed by atoms with Crippen LogP contribution in [-0.4, -0.2) is 16.3 Å². The molecular formula is C19H17Br2N3O. The first-order valence-corrected chi connectivity index (χ1v) is 9.29. The van der Waals surface area contributed by atoms with Gasteiger partial charge in [-0.05, 0) is 72.1 Å². The molecule has 0 aliphatic heterocycles. The molecule has 4 nitrogen and oxygen atoms in total. The minimum absolute atomic E-state index is 0.141. The molecule has 0 spiro atoms. The Labute approximate surface area is 163 Å². The molecule has 0 saturated heterocycles. The molecular weight excluding hydrogens is 446 g/mol. The van der Waals surface area contributed by atoms with Crippen molar-refractivity contribution in [3.63, 3.8) is 0 Å². The number of benzene rings is 2. The first kappa shape index (κ1) is 17.9. The second kappa shape index (κ2) is 7.14. The summed E-state index contributed by atoms with van der Waals surface area (Å²) in [5.74, 6) is 0.810. The Morgan fingerprint density at radius 1 is 1.04 bits per heavy atom. The lowest BCUT2D eigenvalue weighted by molar-refractivity contribution is 0.471. The zero-order chi connectivity index (χ0) is 18.1. The normalized spacial score (nSPS) is 11.4. The van der Waals surface area contributed by atoms with Gasteiger partial charge in [0.1, 0.15) is 11.6 Å². The molecule has 0 fully saturated rings. The zero-order valence-corrected chi connectivity index (χ0v) is 17.2. The smallest absolute Gasteiger partial charge is 0.147 e. The van der Waals surface area contributed by atoms with E-state index >= 15 is 0 Å². The molecule has 0 atom stereocenters. The van der Waals surface area contributed by atoms with Gasteiger partial charge in [-0.15, -0.1) is 0 Å². The van der Waals surface area contributed by atoms with Crippen LogP contribution in [0.15, 0.2) is 44.4 Å². The molecule has 0 aliphatic carbocycles. The lowest BCUT2D eigenvalue weighted by Crippen LogP contribution is -1.97. The molecule has 0 aliphatic rings. The van der Waals surface area contributed by atoms with Crippen molar-refractivity contribution in [1.29, 1.82) is 0 Å². The summed E-state index contributed by atoms with van der Waals surface area (Å²) in [5, 5.41) is 15.4. The number of rotatable bonds is 3. The lowest BCUT2D eigenvalue weighted by Gasteiger charge is -2.09. The van der Waals surface area contributed by atoms with Crippen molar-refractivity contribution >= 4 is 54.8 Å². The number of hydrazone groups is 1. The number of hydrogen-bond acceptors (Lipinski definition) is 4. The van der Waals surface area contributed by atoms with Crippen LogP contribution in [-0.2, 0) is 0 Å². The summed E-state index contributed by atoms with van der Waals surface area (Å²) >= 11 is 6.71. The Kier molecular flexibility index (Phi) is 5.11. The second-order valence-electron chi connectivity index (χ2n) is 6.00. The van der Waals surface area contributed by atoms with E-state index in [0.717, 1.165) is 26.5 Å². The molecule has 0 unspecified atom stereocenters. The first-order chi connectivity index (χ1) is 11.8. The van der Waals surface area contributed by atoms with Gasteiger partial charge in [0.2, 0.25) is 0 Å². The molecule has 1 aromatic heterocycles. The minimum Gasteiger partial charge on any atom is -0.506 e. The van der Waals surface area contributed by atoms with E-state index in [9.17, 15) is 5.11 Å².